The van der Waals surface area contributed by atoms with E-state index in [2.05, 4.69) is 32.6 Å². The number of hydrogen-bond donors (Lipinski definition) is 3. The Kier molecular flexibility index (Phi) is 10.6. The molecule has 3 aromatic rings. The summed E-state index contributed by atoms with van der Waals surface area (Å²) in [6.07, 6.45) is 5.42. The maximum Gasteiger partial charge on any atom is 0.315 e. The van der Waals surface area contributed by atoms with Crippen LogP contribution in [0.4, 0.5) is 4.79 Å². The first kappa shape index (κ1) is 30.7. The van der Waals surface area contributed by atoms with Crippen molar-refractivity contribution in [1.29, 1.82) is 0 Å². The number of carbonyl (C=O) groups excluding carboxylic acids is 1. The standard InChI is InChI=1S/C36H46N4O4/c41-26-29-12-14-30(15-13-29)34-21-33(25-40-20-6-9-32(40)24-39-18-4-5-19-39)43-35(44-34)31-16-10-28(11-17-31)23-38-36(42)37-22-27-7-2-1-3-8-27/h1-3,7-8,10-17,32-35,41H,4-6,9,18-26H2,(H2,37,38,42). The van der Waals surface area contributed by atoms with Gasteiger partial charge in [-0.25, -0.2) is 4.79 Å². The van der Waals surface area contributed by atoms with Crippen LogP contribution >= 0.6 is 0 Å². The first-order valence-corrected chi connectivity index (χ1v) is 16.2. The van der Waals surface area contributed by atoms with E-state index in [-0.39, 0.29) is 24.8 Å². The first-order chi connectivity index (χ1) is 21.6. The Bertz CT molecular complexity index is 1310. The Balaban J connectivity index is 1.09. The number of likely N-dealkylation sites (tertiary alicyclic amines) is 2. The number of nitrogens with zero attached hydrogens (tertiary/aromatic N) is 2. The molecule has 0 radical (unpaired) electrons. The van der Waals surface area contributed by atoms with Crippen molar-refractivity contribution in [2.75, 3.05) is 32.7 Å². The molecule has 3 saturated heterocycles. The van der Waals surface area contributed by atoms with E-state index in [1.807, 2.05) is 66.7 Å². The minimum Gasteiger partial charge on any atom is -0.392 e. The number of aliphatic hydroxyl groups excluding tert-OH is 1. The molecule has 3 fully saturated rings. The highest BCUT2D eigenvalue weighted by atomic mass is 16.7. The Morgan fingerprint density at radius 2 is 1.41 bits per heavy atom. The number of nitrogens with one attached hydrogen (secondary N) is 2. The van der Waals surface area contributed by atoms with Crippen LogP contribution in [0.25, 0.3) is 0 Å². The summed E-state index contributed by atoms with van der Waals surface area (Å²) in [6, 6.07) is 26.5. The van der Waals surface area contributed by atoms with Crippen LogP contribution in [0, 0.1) is 0 Å². The molecule has 8 heteroatoms. The van der Waals surface area contributed by atoms with Gasteiger partial charge in [-0.05, 0) is 67.6 Å². The van der Waals surface area contributed by atoms with Crippen LogP contribution in [-0.2, 0) is 29.2 Å². The number of aliphatic hydroxyl groups is 1. The second kappa shape index (κ2) is 15.1. The molecule has 44 heavy (non-hydrogen) atoms. The fourth-order valence-electron chi connectivity index (χ4n) is 6.72. The Morgan fingerprint density at radius 3 is 2.11 bits per heavy atom. The predicted molar refractivity (Wildman–Crippen MR) is 171 cm³/mol. The Morgan fingerprint density at radius 1 is 0.750 bits per heavy atom. The molecule has 3 aliphatic heterocycles. The van der Waals surface area contributed by atoms with E-state index < -0.39 is 6.29 Å². The molecule has 0 bridgehead atoms. The van der Waals surface area contributed by atoms with Gasteiger partial charge in [0, 0.05) is 44.2 Å². The summed E-state index contributed by atoms with van der Waals surface area (Å²) >= 11 is 0. The first-order valence-electron chi connectivity index (χ1n) is 16.2. The van der Waals surface area contributed by atoms with Crippen molar-refractivity contribution < 1.29 is 19.4 Å². The molecule has 6 rings (SSSR count). The zero-order valence-electron chi connectivity index (χ0n) is 25.6. The van der Waals surface area contributed by atoms with Gasteiger partial charge < -0.3 is 30.1 Å². The molecule has 0 aromatic heterocycles. The molecule has 3 aliphatic rings. The highest BCUT2D eigenvalue weighted by Gasteiger charge is 2.36. The van der Waals surface area contributed by atoms with Gasteiger partial charge in [0.1, 0.15) is 0 Å². The van der Waals surface area contributed by atoms with E-state index in [0.29, 0.717) is 19.1 Å². The van der Waals surface area contributed by atoms with Crippen LogP contribution < -0.4 is 10.6 Å². The van der Waals surface area contributed by atoms with Crippen molar-refractivity contribution in [3.63, 3.8) is 0 Å². The summed E-state index contributed by atoms with van der Waals surface area (Å²) < 4.78 is 13.2. The maximum absolute atomic E-state index is 12.3. The largest absolute Gasteiger partial charge is 0.392 e. The van der Waals surface area contributed by atoms with E-state index in [9.17, 15) is 9.90 Å². The molecular formula is C36H46N4O4. The quantitative estimate of drug-likeness (QED) is 0.278. The molecule has 3 heterocycles. The van der Waals surface area contributed by atoms with E-state index in [1.165, 1.54) is 45.3 Å². The highest BCUT2D eigenvalue weighted by molar-refractivity contribution is 5.73. The lowest BCUT2D eigenvalue weighted by molar-refractivity contribution is -0.253. The van der Waals surface area contributed by atoms with Gasteiger partial charge in [0.15, 0.2) is 6.29 Å². The maximum atomic E-state index is 12.3. The third-order valence-corrected chi connectivity index (χ3v) is 9.22. The highest BCUT2D eigenvalue weighted by Crippen LogP contribution is 2.39. The van der Waals surface area contributed by atoms with Crippen LogP contribution in [0.3, 0.4) is 0 Å². The lowest BCUT2D eigenvalue weighted by Gasteiger charge is -2.39. The molecule has 8 nitrogen and oxygen atoms in total. The summed E-state index contributed by atoms with van der Waals surface area (Å²) in [5, 5.41) is 15.4. The number of benzene rings is 3. The third-order valence-electron chi connectivity index (χ3n) is 9.22. The van der Waals surface area contributed by atoms with Gasteiger partial charge in [0.2, 0.25) is 0 Å². The summed E-state index contributed by atoms with van der Waals surface area (Å²) in [7, 11) is 0. The van der Waals surface area contributed by atoms with Gasteiger partial charge in [-0.15, -0.1) is 0 Å². The summed E-state index contributed by atoms with van der Waals surface area (Å²) in [5.41, 5.74) is 5.05. The molecule has 4 unspecified atom stereocenters. The predicted octanol–water partition coefficient (Wildman–Crippen LogP) is 5.28. The van der Waals surface area contributed by atoms with Crippen molar-refractivity contribution in [3.8, 4) is 0 Å². The lowest BCUT2D eigenvalue weighted by Crippen LogP contribution is -2.45. The third kappa shape index (κ3) is 8.25. The summed E-state index contributed by atoms with van der Waals surface area (Å²) in [6.45, 7) is 6.62. The lowest BCUT2D eigenvalue weighted by atomic mass is 9.99. The number of carbonyl (C=O) groups is 1. The second-order valence-electron chi connectivity index (χ2n) is 12.4. The van der Waals surface area contributed by atoms with E-state index in [1.54, 1.807) is 0 Å². The van der Waals surface area contributed by atoms with Crippen LogP contribution in [0.5, 0.6) is 0 Å². The van der Waals surface area contributed by atoms with E-state index >= 15 is 0 Å². The van der Waals surface area contributed by atoms with Crippen molar-refractivity contribution in [2.45, 2.75) is 76.3 Å². The molecule has 3 aromatic carbocycles. The Labute approximate surface area is 261 Å². The fourth-order valence-corrected chi connectivity index (χ4v) is 6.72. The molecular weight excluding hydrogens is 552 g/mol. The number of urea groups is 1. The number of ether oxygens (including phenoxy) is 2. The van der Waals surface area contributed by atoms with Crippen LogP contribution in [0.1, 0.15) is 72.3 Å². The summed E-state index contributed by atoms with van der Waals surface area (Å²) in [5.74, 6) is 0. The van der Waals surface area contributed by atoms with Gasteiger partial charge in [-0.2, -0.15) is 0 Å². The monoisotopic (exact) mass is 598 g/mol. The van der Waals surface area contributed by atoms with Crippen molar-refractivity contribution in [2.24, 2.45) is 0 Å². The van der Waals surface area contributed by atoms with Gasteiger partial charge in [-0.1, -0.05) is 78.9 Å². The molecule has 3 N–H and O–H groups in total. The molecule has 0 aliphatic carbocycles. The smallest absolute Gasteiger partial charge is 0.315 e. The molecule has 0 spiro atoms. The zero-order valence-corrected chi connectivity index (χ0v) is 25.6. The minimum atomic E-state index is -0.480. The fraction of sp³-hybridized carbons (Fsp3) is 0.472. The zero-order chi connectivity index (χ0) is 30.1. The average Bonchev–Trinajstić information content (AvgIpc) is 3.76. The van der Waals surface area contributed by atoms with E-state index in [4.69, 9.17) is 9.47 Å². The average molecular weight is 599 g/mol. The second-order valence-corrected chi connectivity index (χ2v) is 12.4. The summed E-state index contributed by atoms with van der Waals surface area (Å²) in [4.78, 5) is 17.6. The van der Waals surface area contributed by atoms with Crippen molar-refractivity contribution in [1.82, 2.24) is 20.4 Å². The number of hydrogen-bond acceptors (Lipinski definition) is 6. The van der Waals surface area contributed by atoms with Gasteiger partial charge in [0.25, 0.3) is 0 Å². The van der Waals surface area contributed by atoms with Gasteiger partial charge >= 0.3 is 6.03 Å². The van der Waals surface area contributed by atoms with Crippen molar-refractivity contribution in [3.05, 3.63) is 107 Å². The normalized spacial score (nSPS) is 24.4. The Hall–Kier alpha value is -3.27. The van der Waals surface area contributed by atoms with Crippen LogP contribution in [0.15, 0.2) is 78.9 Å². The molecule has 4 atom stereocenters. The molecule has 234 valence electrons. The molecule has 2 amide bonds. The number of amides is 2. The van der Waals surface area contributed by atoms with E-state index in [0.717, 1.165) is 47.3 Å². The van der Waals surface area contributed by atoms with Crippen LogP contribution in [0.2, 0.25) is 0 Å². The number of rotatable bonds is 11. The van der Waals surface area contributed by atoms with Crippen molar-refractivity contribution >= 4 is 6.03 Å². The van der Waals surface area contributed by atoms with Gasteiger partial charge in [-0.3, -0.25) is 4.90 Å². The SMILES string of the molecule is O=C(NCc1ccccc1)NCc1ccc(C2OC(CN3CCCC3CN3CCCC3)CC(c3ccc(CO)cc3)O2)cc1. The minimum absolute atomic E-state index is 0.0312. The van der Waals surface area contributed by atoms with Crippen LogP contribution in [-0.4, -0.2) is 65.8 Å². The van der Waals surface area contributed by atoms with Gasteiger partial charge in [0.05, 0.1) is 18.8 Å². The topological polar surface area (TPSA) is 86.3 Å². The molecule has 0 saturated carbocycles.